The highest BCUT2D eigenvalue weighted by Crippen LogP contribution is 2.27. The maximum atomic E-state index is 6.00. The van der Waals surface area contributed by atoms with Crippen molar-refractivity contribution in [3.05, 3.63) is 35.6 Å². The van der Waals surface area contributed by atoms with Crippen LogP contribution in [0.1, 0.15) is 31.1 Å². The summed E-state index contributed by atoms with van der Waals surface area (Å²) < 4.78 is 6.00. The molecule has 0 unspecified atom stereocenters. The van der Waals surface area contributed by atoms with E-state index >= 15 is 0 Å². The van der Waals surface area contributed by atoms with Crippen molar-refractivity contribution in [3.63, 3.8) is 0 Å². The molecule has 1 saturated heterocycles. The summed E-state index contributed by atoms with van der Waals surface area (Å²) >= 11 is 0. The fourth-order valence-electron chi connectivity index (χ4n) is 3.45. The van der Waals surface area contributed by atoms with Crippen molar-refractivity contribution in [2.75, 3.05) is 26.7 Å². The third kappa shape index (κ3) is 3.30. The summed E-state index contributed by atoms with van der Waals surface area (Å²) in [7, 11) is 2.24. The van der Waals surface area contributed by atoms with Gasteiger partial charge in [-0.3, -0.25) is 0 Å². The van der Waals surface area contributed by atoms with Gasteiger partial charge in [0.15, 0.2) is 0 Å². The minimum atomic E-state index is 0.833. The number of hydrogen-bond donors (Lipinski definition) is 1. The summed E-state index contributed by atoms with van der Waals surface area (Å²) in [6, 6.07) is 8.41. The molecule has 3 nitrogen and oxygen atoms in total. The zero-order valence-corrected chi connectivity index (χ0v) is 13.2. The lowest BCUT2D eigenvalue weighted by Crippen LogP contribution is -2.34. The van der Waals surface area contributed by atoms with Crippen molar-refractivity contribution in [3.8, 4) is 0 Å². The molecule has 3 heteroatoms. The molecule has 0 amide bonds. The number of furan rings is 1. The van der Waals surface area contributed by atoms with Gasteiger partial charge in [0.25, 0.3) is 0 Å². The monoisotopic (exact) mass is 286 g/mol. The standard InChI is InChI=1S/C18H26N2O/c1-3-17-16(15-6-4-5-7-18(15)21-17)13-20(2)12-14-8-10-19-11-9-14/h4-7,14,19H,3,8-13H2,1-2H3. The molecule has 3 rings (SSSR count). The van der Waals surface area contributed by atoms with Crippen LogP contribution in [-0.2, 0) is 13.0 Å². The number of piperidine rings is 1. The summed E-state index contributed by atoms with van der Waals surface area (Å²) in [6.45, 7) is 6.70. The van der Waals surface area contributed by atoms with Crippen LogP contribution in [0.25, 0.3) is 11.0 Å². The molecule has 2 heterocycles. The lowest BCUT2D eigenvalue weighted by Gasteiger charge is -2.27. The first kappa shape index (κ1) is 14.6. The zero-order chi connectivity index (χ0) is 14.7. The Kier molecular flexibility index (Phi) is 4.61. The Balaban J connectivity index is 1.74. The van der Waals surface area contributed by atoms with Crippen LogP contribution in [0, 0.1) is 5.92 Å². The van der Waals surface area contributed by atoms with E-state index in [1.165, 1.54) is 43.4 Å². The molecule has 1 aromatic carbocycles. The van der Waals surface area contributed by atoms with Crippen molar-refractivity contribution < 1.29 is 4.42 Å². The summed E-state index contributed by atoms with van der Waals surface area (Å²) in [4.78, 5) is 2.46. The lowest BCUT2D eigenvalue weighted by atomic mass is 9.97. The van der Waals surface area contributed by atoms with E-state index in [1.54, 1.807) is 0 Å². The van der Waals surface area contributed by atoms with Crippen LogP contribution in [0.2, 0.25) is 0 Å². The first-order chi connectivity index (χ1) is 10.3. The Morgan fingerprint density at radius 2 is 2.00 bits per heavy atom. The average molecular weight is 286 g/mol. The zero-order valence-electron chi connectivity index (χ0n) is 13.2. The first-order valence-electron chi connectivity index (χ1n) is 8.16. The van der Waals surface area contributed by atoms with Crippen LogP contribution in [0.15, 0.2) is 28.7 Å². The Hall–Kier alpha value is -1.32. The molecular weight excluding hydrogens is 260 g/mol. The first-order valence-corrected chi connectivity index (χ1v) is 8.16. The number of aryl methyl sites for hydroxylation is 1. The molecule has 1 aliphatic rings. The molecule has 2 aromatic rings. The maximum absolute atomic E-state index is 6.00. The van der Waals surface area contributed by atoms with Crippen molar-refractivity contribution in [2.24, 2.45) is 5.92 Å². The van der Waals surface area contributed by atoms with Gasteiger partial charge in [0.1, 0.15) is 11.3 Å². The molecule has 0 radical (unpaired) electrons. The van der Waals surface area contributed by atoms with Crippen molar-refractivity contribution in [1.29, 1.82) is 0 Å². The maximum Gasteiger partial charge on any atom is 0.134 e. The smallest absolute Gasteiger partial charge is 0.134 e. The molecule has 0 aliphatic carbocycles. The van der Waals surface area contributed by atoms with Gasteiger partial charge in [-0.25, -0.2) is 0 Å². The fraction of sp³-hybridized carbons (Fsp3) is 0.556. The molecule has 114 valence electrons. The molecular formula is C18H26N2O. The minimum Gasteiger partial charge on any atom is -0.461 e. The molecule has 0 atom stereocenters. The molecule has 1 aromatic heterocycles. The quantitative estimate of drug-likeness (QED) is 0.913. The van der Waals surface area contributed by atoms with Gasteiger partial charge in [-0.1, -0.05) is 25.1 Å². The molecule has 0 spiro atoms. The second-order valence-electron chi connectivity index (χ2n) is 6.24. The second-order valence-corrected chi connectivity index (χ2v) is 6.24. The number of nitrogens with one attached hydrogen (secondary N) is 1. The average Bonchev–Trinajstić information content (AvgIpc) is 2.86. The van der Waals surface area contributed by atoms with E-state index in [-0.39, 0.29) is 0 Å². The largest absolute Gasteiger partial charge is 0.461 e. The van der Waals surface area contributed by atoms with E-state index in [4.69, 9.17) is 4.42 Å². The predicted octanol–water partition coefficient (Wildman–Crippen LogP) is 3.43. The van der Waals surface area contributed by atoms with Gasteiger partial charge in [0, 0.05) is 30.5 Å². The Bertz CT molecular complexity index is 584. The highest BCUT2D eigenvalue weighted by Gasteiger charge is 2.18. The number of benzene rings is 1. The van der Waals surface area contributed by atoms with Crippen LogP contribution in [0.4, 0.5) is 0 Å². The van der Waals surface area contributed by atoms with Crippen LogP contribution in [-0.4, -0.2) is 31.6 Å². The normalized spacial score (nSPS) is 16.9. The molecule has 0 bridgehead atoms. The molecule has 1 aliphatic heterocycles. The Morgan fingerprint density at radius 1 is 1.24 bits per heavy atom. The molecule has 1 N–H and O–H groups in total. The van der Waals surface area contributed by atoms with E-state index in [0.29, 0.717) is 0 Å². The molecule has 0 saturated carbocycles. The topological polar surface area (TPSA) is 28.4 Å². The Labute approximate surface area is 127 Å². The summed E-state index contributed by atoms with van der Waals surface area (Å²) in [5.41, 5.74) is 2.41. The lowest BCUT2D eigenvalue weighted by molar-refractivity contribution is 0.234. The van der Waals surface area contributed by atoms with Gasteiger partial charge >= 0.3 is 0 Å². The highest BCUT2D eigenvalue weighted by molar-refractivity contribution is 5.82. The molecule has 21 heavy (non-hydrogen) atoms. The van der Waals surface area contributed by atoms with E-state index in [2.05, 4.69) is 42.4 Å². The SMILES string of the molecule is CCc1oc2ccccc2c1CN(C)CC1CCNCC1. The van der Waals surface area contributed by atoms with Crippen molar-refractivity contribution >= 4 is 11.0 Å². The van der Waals surface area contributed by atoms with Gasteiger partial charge in [-0.15, -0.1) is 0 Å². The van der Waals surface area contributed by atoms with E-state index in [9.17, 15) is 0 Å². The second kappa shape index (κ2) is 6.63. The number of fused-ring (bicyclic) bond motifs is 1. The van der Waals surface area contributed by atoms with Gasteiger partial charge in [-0.05, 0) is 45.0 Å². The van der Waals surface area contributed by atoms with Crippen LogP contribution < -0.4 is 5.32 Å². The van der Waals surface area contributed by atoms with Gasteiger partial charge in [-0.2, -0.15) is 0 Å². The Morgan fingerprint density at radius 3 is 2.76 bits per heavy atom. The number of nitrogens with zero attached hydrogens (tertiary/aromatic N) is 1. The summed E-state index contributed by atoms with van der Waals surface area (Å²) in [6.07, 6.45) is 3.57. The number of para-hydroxylation sites is 1. The minimum absolute atomic E-state index is 0.833. The van der Waals surface area contributed by atoms with Gasteiger partial charge in [0.05, 0.1) is 0 Å². The van der Waals surface area contributed by atoms with Crippen LogP contribution in [0.3, 0.4) is 0 Å². The number of rotatable bonds is 5. The van der Waals surface area contributed by atoms with E-state index < -0.39 is 0 Å². The summed E-state index contributed by atoms with van der Waals surface area (Å²) in [5, 5.41) is 4.73. The van der Waals surface area contributed by atoms with Crippen LogP contribution in [0.5, 0.6) is 0 Å². The van der Waals surface area contributed by atoms with Crippen LogP contribution >= 0.6 is 0 Å². The van der Waals surface area contributed by atoms with Crippen molar-refractivity contribution in [2.45, 2.75) is 32.7 Å². The highest BCUT2D eigenvalue weighted by atomic mass is 16.3. The third-order valence-electron chi connectivity index (χ3n) is 4.56. The number of hydrogen-bond acceptors (Lipinski definition) is 3. The molecule has 1 fully saturated rings. The third-order valence-corrected chi connectivity index (χ3v) is 4.56. The fourth-order valence-corrected chi connectivity index (χ4v) is 3.45. The van der Waals surface area contributed by atoms with Gasteiger partial charge in [0.2, 0.25) is 0 Å². The van der Waals surface area contributed by atoms with Gasteiger partial charge < -0.3 is 14.6 Å². The van der Waals surface area contributed by atoms with E-state index in [1.807, 2.05) is 6.07 Å². The predicted molar refractivity (Wildman–Crippen MR) is 87.5 cm³/mol. The summed E-state index contributed by atoms with van der Waals surface area (Å²) in [5.74, 6) is 1.98. The van der Waals surface area contributed by atoms with Crippen molar-refractivity contribution in [1.82, 2.24) is 10.2 Å². The van der Waals surface area contributed by atoms with E-state index in [0.717, 1.165) is 30.2 Å².